The Morgan fingerprint density at radius 3 is 2.80 bits per heavy atom. The summed E-state index contributed by atoms with van der Waals surface area (Å²) in [5, 5.41) is 0. The fourth-order valence-corrected chi connectivity index (χ4v) is 0.965. The molecule has 0 aromatic rings. The van der Waals surface area contributed by atoms with Gasteiger partial charge in [-0.2, -0.15) is 0 Å². The Morgan fingerprint density at radius 2 is 2.40 bits per heavy atom. The topological polar surface area (TPSA) is 61.5 Å². The van der Waals surface area contributed by atoms with Crippen molar-refractivity contribution in [3.8, 4) is 0 Å². The largest absolute Gasteiger partial charge is 0.469 e. The fraction of sp³-hybridized carbons (Fsp3) is 0.833. The number of carbonyl (C=O) groups is 1. The molecule has 0 aromatic carbocycles. The van der Waals surface area contributed by atoms with E-state index in [-0.39, 0.29) is 17.9 Å². The average molecular weight is 145 g/mol. The number of methoxy groups -OCH3 is 1. The zero-order valence-electron chi connectivity index (χ0n) is 5.87. The third-order valence-electron chi connectivity index (χ3n) is 1.63. The first-order valence-electron chi connectivity index (χ1n) is 3.17. The lowest BCUT2D eigenvalue weighted by molar-refractivity contribution is -0.145. The molecular formula is C6H11NO3. The van der Waals surface area contributed by atoms with Crippen LogP contribution in [0.4, 0.5) is 0 Å². The SMILES string of the molecule is COC(=O)[C@H]1COC[C@@H]1N. The normalized spacial score (nSPS) is 32.2. The molecule has 0 saturated carbocycles. The van der Waals surface area contributed by atoms with Crippen LogP contribution in [0.1, 0.15) is 0 Å². The average Bonchev–Trinajstić information content (AvgIpc) is 2.34. The molecule has 1 rings (SSSR count). The maximum Gasteiger partial charge on any atom is 0.312 e. The molecule has 0 amide bonds. The smallest absolute Gasteiger partial charge is 0.312 e. The minimum Gasteiger partial charge on any atom is -0.469 e. The predicted octanol–water partition coefficient (Wildman–Crippen LogP) is -0.867. The van der Waals surface area contributed by atoms with Crippen LogP contribution in [0.2, 0.25) is 0 Å². The Bertz CT molecular complexity index is 137. The van der Waals surface area contributed by atoms with Crippen LogP contribution in [-0.2, 0) is 14.3 Å². The third kappa shape index (κ3) is 1.27. The van der Waals surface area contributed by atoms with Gasteiger partial charge in [-0.3, -0.25) is 4.79 Å². The van der Waals surface area contributed by atoms with Crippen LogP contribution in [-0.4, -0.2) is 32.3 Å². The van der Waals surface area contributed by atoms with E-state index >= 15 is 0 Å². The number of hydrogen-bond acceptors (Lipinski definition) is 4. The Kier molecular flexibility index (Phi) is 2.24. The van der Waals surface area contributed by atoms with E-state index in [0.29, 0.717) is 13.2 Å². The molecule has 0 bridgehead atoms. The van der Waals surface area contributed by atoms with E-state index in [4.69, 9.17) is 10.5 Å². The van der Waals surface area contributed by atoms with E-state index in [9.17, 15) is 4.79 Å². The molecule has 58 valence electrons. The van der Waals surface area contributed by atoms with Gasteiger partial charge in [-0.25, -0.2) is 0 Å². The molecule has 1 aliphatic heterocycles. The monoisotopic (exact) mass is 145 g/mol. The highest BCUT2D eigenvalue weighted by Crippen LogP contribution is 2.12. The highest BCUT2D eigenvalue weighted by Gasteiger charge is 2.31. The summed E-state index contributed by atoms with van der Waals surface area (Å²) in [7, 11) is 1.35. The number of esters is 1. The van der Waals surface area contributed by atoms with Crippen molar-refractivity contribution in [1.29, 1.82) is 0 Å². The lowest BCUT2D eigenvalue weighted by Gasteiger charge is -2.08. The summed E-state index contributed by atoms with van der Waals surface area (Å²) in [4.78, 5) is 10.8. The van der Waals surface area contributed by atoms with Gasteiger partial charge in [-0.1, -0.05) is 0 Å². The summed E-state index contributed by atoms with van der Waals surface area (Å²) < 4.78 is 9.47. The molecule has 1 heterocycles. The second-order valence-electron chi connectivity index (χ2n) is 2.33. The summed E-state index contributed by atoms with van der Waals surface area (Å²) in [5.41, 5.74) is 5.53. The predicted molar refractivity (Wildman–Crippen MR) is 34.3 cm³/mol. The quantitative estimate of drug-likeness (QED) is 0.487. The number of carbonyl (C=O) groups excluding carboxylic acids is 1. The van der Waals surface area contributed by atoms with Gasteiger partial charge >= 0.3 is 5.97 Å². The molecule has 2 N–H and O–H groups in total. The first-order chi connectivity index (χ1) is 4.75. The van der Waals surface area contributed by atoms with Crippen LogP contribution in [0.25, 0.3) is 0 Å². The van der Waals surface area contributed by atoms with Crippen LogP contribution in [0.15, 0.2) is 0 Å². The summed E-state index contributed by atoms with van der Waals surface area (Å²) in [6.07, 6.45) is 0. The van der Waals surface area contributed by atoms with Crippen molar-refractivity contribution >= 4 is 5.97 Å². The second kappa shape index (κ2) is 2.98. The van der Waals surface area contributed by atoms with E-state index in [1.165, 1.54) is 7.11 Å². The van der Waals surface area contributed by atoms with Crippen LogP contribution in [0.3, 0.4) is 0 Å². The zero-order valence-corrected chi connectivity index (χ0v) is 5.87. The standard InChI is InChI=1S/C6H11NO3/c1-9-6(8)4-2-10-3-5(4)7/h4-5H,2-3,7H2,1H3/t4-,5-/m0/s1. The molecule has 0 aromatic heterocycles. The van der Waals surface area contributed by atoms with Gasteiger partial charge in [0.1, 0.15) is 0 Å². The molecule has 0 aliphatic carbocycles. The molecule has 0 spiro atoms. The Morgan fingerprint density at radius 1 is 1.70 bits per heavy atom. The number of rotatable bonds is 1. The molecule has 2 atom stereocenters. The van der Waals surface area contributed by atoms with Gasteiger partial charge in [0, 0.05) is 6.04 Å². The molecule has 1 aliphatic rings. The maximum atomic E-state index is 10.8. The highest BCUT2D eigenvalue weighted by atomic mass is 16.5. The molecule has 4 nitrogen and oxygen atoms in total. The van der Waals surface area contributed by atoms with Crippen LogP contribution >= 0.6 is 0 Å². The van der Waals surface area contributed by atoms with Gasteiger partial charge in [-0.05, 0) is 0 Å². The minimum atomic E-state index is -0.273. The first-order valence-corrected chi connectivity index (χ1v) is 3.17. The summed E-state index contributed by atoms with van der Waals surface area (Å²) >= 11 is 0. The van der Waals surface area contributed by atoms with E-state index < -0.39 is 0 Å². The highest BCUT2D eigenvalue weighted by molar-refractivity contribution is 5.73. The number of nitrogens with two attached hydrogens (primary N) is 1. The van der Waals surface area contributed by atoms with Gasteiger partial charge in [0.15, 0.2) is 0 Å². The van der Waals surface area contributed by atoms with Crippen LogP contribution in [0.5, 0.6) is 0 Å². The van der Waals surface area contributed by atoms with Crippen molar-refractivity contribution in [3.63, 3.8) is 0 Å². The maximum absolute atomic E-state index is 10.8. The molecular weight excluding hydrogens is 134 g/mol. The lowest BCUT2D eigenvalue weighted by atomic mass is 10.1. The van der Waals surface area contributed by atoms with E-state index in [0.717, 1.165) is 0 Å². The van der Waals surface area contributed by atoms with Gasteiger partial charge in [0.25, 0.3) is 0 Å². The van der Waals surface area contributed by atoms with Crippen molar-refractivity contribution in [2.75, 3.05) is 20.3 Å². The van der Waals surface area contributed by atoms with Gasteiger partial charge in [0.05, 0.1) is 26.2 Å². The molecule has 0 radical (unpaired) electrons. The Hall–Kier alpha value is -0.610. The van der Waals surface area contributed by atoms with Gasteiger partial charge in [0.2, 0.25) is 0 Å². The summed E-state index contributed by atoms with van der Waals surface area (Å²) in [6.45, 7) is 0.855. The molecule has 4 heteroatoms. The molecule has 10 heavy (non-hydrogen) atoms. The summed E-state index contributed by atoms with van der Waals surface area (Å²) in [6, 6.07) is -0.188. The number of hydrogen-bond donors (Lipinski definition) is 1. The second-order valence-corrected chi connectivity index (χ2v) is 2.33. The number of ether oxygens (including phenoxy) is 2. The van der Waals surface area contributed by atoms with E-state index in [1.807, 2.05) is 0 Å². The molecule has 0 unspecified atom stereocenters. The van der Waals surface area contributed by atoms with Crippen molar-refractivity contribution in [2.24, 2.45) is 11.7 Å². The Balaban J connectivity index is 2.46. The van der Waals surface area contributed by atoms with Crippen LogP contribution < -0.4 is 5.73 Å². The minimum absolute atomic E-state index is 0.188. The molecule has 1 saturated heterocycles. The fourth-order valence-electron chi connectivity index (χ4n) is 0.965. The van der Waals surface area contributed by atoms with E-state index in [2.05, 4.69) is 4.74 Å². The molecule has 1 fully saturated rings. The zero-order chi connectivity index (χ0) is 7.56. The van der Waals surface area contributed by atoms with Crippen molar-refractivity contribution in [3.05, 3.63) is 0 Å². The van der Waals surface area contributed by atoms with Crippen molar-refractivity contribution < 1.29 is 14.3 Å². The first kappa shape index (κ1) is 7.50. The van der Waals surface area contributed by atoms with E-state index in [1.54, 1.807) is 0 Å². The van der Waals surface area contributed by atoms with Crippen LogP contribution in [0, 0.1) is 5.92 Å². The van der Waals surface area contributed by atoms with Gasteiger partial charge < -0.3 is 15.2 Å². The van der Waals surface area contributed by atoms with Gasteiger partial charge in [-0.15, -0.1) is 0 Å². The van der Waals surface area contributed by atoms with Crippen molar-refractivity contribution in [1.82, 2.24) is 0 Å². The lowest BCUT2D eigenvalue weighted by Crippen LogP contribution is -2.34. The third-order valence-corrected chi connectivity index (χ3v) is 1.63. The summed E-state index contributed by atoms with van der Waals surface area (Å²) in [5.74, 6) is -0.532. The Labute approximate surface area is 59.3 Å². The van der Waals surface area contributed by atoms with Crippen molar-refractivity contribution in [2.45, 2.75) is 6.04 Å².